The number of phenols is 1. The summed E-state index contributed by atoms with van der Waals surface area (Å²) in [5, 5.41) is 13.5. The summed E-state index contributed by atoms with van der Waals surface area (Å²) in [5.74, 6) is 1.61. The highest BCUT2D eigenvalue weighted by Gasteiger charge is 2.23. The molecule has 0 radical (unpaired) electrons. The van der Waals surface area contributed by atoms with E-state index in [1.807, 2.05) is 18.2 Å². The Morgan fingerprint density at radius 3 is 2.69 bits per heavy atom. The molecule has 0 saturated heterocycles. The van der Waals surface area contributed by atoms with Crippen LogP contribution in [0.25, 0.3) is 0 Å². The van der Waals surface area contributed by atoms with Crippen molar-refractivity contribution in [2.24, 2.45) is 0 Å². The minimum atomic E-state index is -0.294. The van der Waals surface area contributed by atoms with E-state index < -0.39 is 0 Å². The molecular weight excluding hydrogens is 491 g/mol. The number of aryl methyl sites for hydroxylation is 2. The molecule has 1 aliphatic rings. The number of hydrogen-bond donors (Lipinski definition) is 2. The fourth-order valence-electron chi connectivity index (χ4n) is 5.36. The van der Waals surface area contributed by atoms with Crippen molar-refractivity contribution in [1.29, 1.82) is 0 Å². The zero-order valence-electron chi connectivity index (χ0n) is 23.6. The van der Waals surface area contributed by atoms with Gasteiger partial charge >= 0.3 is 0 Å². The Morgan fingerprint density at radius 1 is 1.03 bits per heavy atom. The highest BCUT2D eigenvalue weighted by atomic mass is 19.1. The van der Waals surface area contributed by atoms with E-state index in [2.05, 4.69) is 42.4 Å². The molecule has 2 N–H and O–H groups in total. The highest BCUT2D eigenvalue weighted by Crippen LogP contribution is 2.38. The molecule has 39 heavy (non-hydrogen) atoms. The van der Waals surface area contributed by atoms with Crippen molar-refractivity contribution < 1.29 is 19.0 Å². The Labute approximate surface area is 233 Å². The second kappa shape index (κ2) is 14.2. The van der Waals surface area contributed by atoms with Crippen LogP contribution >= 0.6 is 0 Å². The van der Waals surface area contributed by atoms with E-state index in [-0.39, 0.29) is 5.82 Å². The number of nitrogens with zero attached hydrogens (tertiary/aromatic N) is 1. The largest absolute Gasteiger partial charge is 0.508 e. The standard InChI is InChI=1S/C33H43FN2O3/c1-4-5-17-36(2)18-19-39-33-15-8-24(20-31(33)34)7-6-16-35-32-23-29(38-3)13-14-30(32)27-10-9-26-22-28(37)12-11-25(26)21-27/h8,11-15,20,22-23,27,35,37H,4-7,9-10,16-19,21H2,1-3H3. The van der Waals surface area contributed by atoms with Gasteiger partial charge in [0.2, 0.25) is 0 Å². The number of aromatic hydroxyl groups is 1. The Kier molecular flexibility index (Phi) is 10.5. The third kappa shape index (κ3) is 8.12. The van der Waals surface area contributed by atoms with Gasteiger partial charge in [-0.3, -0.25) is 0 Å². The molecule has 0 aliphatic heterocycles. The van der Waals surface area contributed by atoms with Crippen molar-refractivity contribution in [3.63, 3.8) is 0 Å². The summed E-state index contributed by atoms with van der Waals surface area (Å²) < 4.78 is 25.8. The van der Waals surface area contributed by atoms with Gasteiger partial charge in [0.05, 0.1) is 7.11 Å². The monoisotopic (exact) mass is 534 g/mol. The fourth-order valence-corrected chi connectivity index (χ4v) is 5.36. The molecule has 210 valence electrons. The zero-order valence-corrected chi connectivity index (χ0v) is 23.6. The fraction of sp³-hybridized carbons (Fsp3) is 0.455. The van der Waals surface area contributed by atoms with Crippen molar-refractivity contribution in [3.05, 3.63) is 82.7 Å². The zero-order chi connectivity index (χ0) is 27.6. The topological polar surface area (TPSA) is 54.0 Å². The van der Waals surface area contributed by atoms with E-state index >= 15 is 0 Å². The maximum absolute atomic E-state index is 14.6. The number of hydrogen-bond acceptors (Lipinski definition) is 5. The third-order valence-corrected chi connectivity index (χ3v) is 7.70. The van der Waals surface area contributed by atoms with Crippen molar-refractivity contribution in [3.8, 4) is 17.2 Å². The Morgan fingerprint density at radius 2 is 1.90 bits per heavy atom. The number of methoxy groups -OCH3 is 1. The van der Waals surface area contributed by atoms with Gasteiger partial charge in [-0.2, -0.15) is 0 Å². The molecule has 1 aliphatic carbocycles. The predicted octanol–water partition coefficient (Wildman–Crippen LogP) is 6.97. The molecule has 0 spiro atoms. The summed E-state index contributed by atoms with van der Waals surface area (Å²) in [4.78, 5) is 2.22. The number of benzene rings is 3. The van der Waals surface area contributed by atoms with Gasteiger partial charge in [0, 0.05) is 24.8 Å². The molecule has 0 heterocycles. The van der Waals surface area contributed by atoms with Crippen LogP contribution in [0.1, 0.15) is 60.8 Å². The molecule has 5 nitrogen and oxygen atoms in total. The number of rotatable bonds is 14. The Bertz CT molecular complexity index is 1220. The lowest BCUT2D eigenvalue weighted by atomic mass is 9.79. The summed E-state index contributed by atoms with van der Waals surface area (Å²) in [6.07, 6.45) is 6.95. The number of fused-ring (bicyclic) bond motifs is 1. The van der Waals surface area contributed by atoms with Gasteiger partial charge in [0.1, 0.15) is 18.1 Å². The summed E-state index contributed by atoms with van der Waals surface area (Å²) in [5.41, 5.74) is 5.92. The SMILES string of the molecule is CCCCN(C)CCOc1ccc(CCCNc2cc(OC)ccc2C2CCc3cc(O)ccc3C2)cc1F. The van der Waals surface area contributed by atoms with Crippen LogP contribution in [0.4, 0.5) is 10.1 Å². The molecule has 0 saturated carbocycles. The number of phenolic OH excluding ortho intramolecular Hbond substituents is 1. The Balaban J connectivity index is 1.30. The molecule has 0 amide bonds. The summed E-state index contributed by atoms with van der Waals surface area (Å²) in [6, 6.07) is 17.3. The van der Waals surface area contributed by atoms with Gasteiger partial charge in [0.25, 0.3) is 0 Å². The van der Waals surface area contributed by atoms with E-state index in [0.717, 1.165) is 75.2 Å². The number of halogens is 1. The van der Waals surface area contributed by atoms with Gasteiger partial charge in [-0.05, 0) is 111 Å². The smallest absolute Gasteiger partial charge is 0.165 e. The van der Waals surface area contributed by atoms with Crippen LogP contribution in [-0.4, -0.2) is 50.4 Å². The molecule has 6 heteroatoms. The average molecular weight is 535 g/mol. The summed E-state index contributed by atoms with van der Waals surface area (Å²) in [6.45, 7) is 5.26. The number of ether oxygens (including phenoxy) is 2. The molecule has 0 fully saturated rings. The van der Waals surface area contributed by atoms with Gasteiger partial charge in [-0.1, -0.05) is 31.5 Å². The first-order chi connectivity index (χ1) is 19.0. The van der Waals surface area contributed by atoms with Crippen LogP contribution in [0.3, 0.4) is 0 Å². The third-order valence-electron chi connectivity index (χ3n) is 7.70. The number of likely N-dealkylation sites (N-methyl/N-ethyl adjacent to an activating group) is 1. The molecule has 3 aromatic carbocycles. The molecular formula is C33H43FN2O3. The maximum Gasteiger partial charge on any atom is 0.165 e. The molecule has 1 unspecified atom stereocenters. The lowest BCUT2D eigenvalue weighted by molar-refractivity contribution is 0.229. The first-order valence-electron chi connectivity index (χ1n) is 14.3. The first kappa shape index (κ1) is 28.8. The number of unbranched alkanes of at least 4 members (excludes halogenated alkanes) is 1. The van der Waals surface area contributed by atoms with Crippen LogP contribution in [0.5, 0.6) is 17.2 Å². The molecule has 4 rings (SSSR count). The lowest BCUT2D eigenvalue weighted by Gasteiger charge is -2.27. The lowest BCUT2D eigenvalue weighted by Crippen LogP contribution is -2.25. The van der Waals surface area contributed by atoms with Crippen LogP contribution in [0.15, 0.2) is 54.6 Å². The van der Waals surface area contributed by atoms with Crippen molar-refractivity contribution in [2.45, 2.75) is 57.8 Å². The maximum atomic E-state index is 14.6. The van der Waals surface area contributed by atoms with Gasteiger partial charge in [0.15, 0.2) is 11.6 Å². The summed E-state index contributed by atoms with van der Waals surface area (Å²) >= 11 is 0. The van der Waals surface area contributed by atoms with Crippen molar-refractivity contribution in [2.75, 3.05) is 45.7 Å². The van der Waals surface area contributed by atoms with Crippen LogP contribution in [0.2, 0.25) is 0 Å². The van der Waals surface area contributed by atoms with Crippen LogP contribution < -0.4 is 14.8 Å². The normalized spacial score (nSPS) is 14.7. The number of anilines is 1. The molecule has 1 atom stereocenters. The quantitative estimate of drug-likeness (QED) is 0.219. The van der Waals surface area contributed by atoms with E-state index in [4.69, 9.17) is 9.47 Å². The van der Waals surface area contributed by atoms with Gasteiger partial charge in [-0.15, -0.1) is 0 Å². The molecule has 0 aromatic heterocycles. The van der Waals surface area contributed by atoms with Gasteiger partial charge in [-0.25, -0.2) is 4.39 Å². The van der Waals surface area contributed by atoms with Crippen LogP contribution in [-0.2, 0) is 19.3 Å². The minimum absolute atomic E-state index is 0.294. The van der Waals surface area contributed by atoms with Crippen molar-refractivity contribution >= 4 is 5.69 Å². The highest BCUT2D eigenvalue weighted by molar-refractivity contribution is 5.57. The van der Waals surface area contributed by atoms with E-state index in [0.29, 0.717) is 24.0 Å². The number of nitrogens with one attached hydrogen (secondary N) is 1. The predicted molar refractivity (Wildman–Crippen MR) is 157 cm³/mol. The van der Waals surface area contributed by atoms with E-state index in [1.165, 1.54) is 23.1 Å². The molecule has 0 bridgehead atoms. The summed E-state index contributed by atoms with van der Waals surface area (Å²) in [7, 11) is 3.76. The molecule has 3 aromatic rings. The first-order valence-corrected chi connectivity index (χ1v) is 14.3. The Hall–Kier alpha value is -3.25. The second-order valence-corrected chi connectivity index (χ2v) is 10.6. The second-order valence-electron chi connectivity index (χ2n) is 10.6. The average Bonchev–Trinajstić information content (AvgIpc) is 2.95. The van der Waals surface area contributed by atoms with Crippen LogP contribution in [0, 0.1) is 5.82 Å². The van der Waals surface area contributed by atoms with Gasteiger partial charge < -0.3 is 24.8 Å². The minimum Gasteiger partial charge on any atom is -0.508 e. The van der Waals surface area contributed by atoms with Crippen molar-refractivity contribution in [1.82, 2.24) is 4.90 Å². The van der Waals surface area contributed by atoms with E-state index in [1.54, 1.807) is 25.3 Å². The van der Waals surface area contributed by atoms with E-state index in [9.17, 15) is 9.50 Å².